The van der Waals surface area contributed by atoms with Gasteiger partial charge in [0.25, 0.3) is 5.91 Å². The Morgan fingerprint density at radius 2 is 2.29 bits per heavy atom. The van der Waals surface area contributed by atoms with Crippen molar-refractivity contribution in [1.29, 1.82) is 0 Å². The lowest BCUT2D eigenvalue weighted by Crippen LogP contribution is -2.29. The minimum Gasteiger partial charge on any atom is -0.338 e. The smallest absolute Gasteiger partial charge is 0.254 e. The summed E-state index contributed by atoms with van der Waals surface area (Å²) in [5.41, 5.74) is 1.84. The van der Waals surface area contributed by atoms with Crippen LogP contribution in [0.3, 0.4) is 0 Å². The molecule has 1 aliphatic rings. The Bertz CT molecular complexity index is 433. The van der Waals surface area contributed by atoms with Gasteiger partial charge < -0.3 is 4.90 Å². The van der Waals surface area contributed by atoms with Gasteiger partial charge in [-0.3, -0.25) is 4.79 Å². The van der Waals surface area contributed by atoms with Crippen molar-refractivity contribution in [3.05, 3.63) is 33.8 Å². The number of alkyl halides is 1. The average molecular weight is 361 g/mol. The van der Waals surface area contributed by atoms with Crippen LogP contribution in [0.2, 0.25) is 0 Å². The van der Waals surface area contributed by atoms with Crippen molar-refractivity contribution < 1.29 is 4.79 Å². The predicted octanol–water partition coefficient (Wildman–Crippen LogP) is 3.61. The number of rotatable bonds is 2. The van der Waals surface area contributed by atoms with E-state index < -0.39 is 0 Å². The molecule has 2 rings (SSSR count). The van der Waals surface area contributed by atoms with E-state index in [9.17, 15) is 4.79 Å². The first-order chi connectivity index (χ1) is 8.13. The van der Waals surface area contributed by atoms with E-state index in [0.717, 1.165) is 40.4 Å². The summed E-state index contributed by atoms with van der Waals surface area (Å²) in [5.74, 6) is 0.763. The summed E-state index contributed by atoms with van der Waals surface area (Å²) in [7, 11) is 0. The molecule has 0 bridgehead atoms. The molecule has 17 heavy (non-hydrogen) atoms. The van der Waals surface area contributed by atoms with Gasteiger partial charge in [0.15, 0.2) is 0 Å². The second-order valence-electron chi connectivity index (χ2n) is 4.47. The maximum Gasteiger partial charge on any atom is 0.254 e. The molecule has 4 heteroatoms. The second-order valence-corrected chi connectivity index (χ2v) is 5.97. The van der Waals surface area contributed by atoms with Crippen molar-refractivity contribution in [3.63, 3.8) is 0 Å². The highest BCUT2D eigenvalue weighted by atomic mass is 79.9. The molecular formula is C13H15Br2NO. The third-order valence-corrected chi connectivity index (χ3v) is 5.06. The molecule has 1 aromatic carbocycles. The van der Waals surface area contributed by atoms with Crippen molar-refractivity contribution in [2.24, 2.45) is 5.92 Å². The average Bonchev–Trinajstić information content (AvgIpc) is 2.80. The molecule has 0 N–H and O–H groups in total. The monoisotopic (exact) mass is 359 g/mol. The summed E-state index contributed by atoms with van der Waals surface area (Å²) in [4.78, 5) is 14.3. The van der Waals surface area contributed by atoms with Gasteiger partial charge in [-0.2, -0.15) is 0 Å². The number of carbonyl (C=O) groups is 1. The molecule has 0 aromatic heterocycles. The number of amides is 1. The summed E-state index contributed by atoms with van der Waals surface area (Å²) in [5, 5.41) is 0.980. The molecule has 92 valence electrons. The highest BCUT2D eigenvalue weighted by Crippen LogP contribution is 2.24. The molecule has 0 spiro atoms. The Labute approximate surface area is 119 Å². The van der Waals surface area contributed by atoms with Crippen molar-refractivity contribution in [3.8, 4) is 0 Å². The Hall–Kier alpha value is -0.350. The molecule has 1 aromatic rings. The van der Waals surface area contributed by atoms with Crippen LogP contribution in [0.15, 0.2) is 22.7 Å². The van der Waals surface area contributed by atoms with E-state index >= 15 is 0 Å². The van der Waals surface area contributed by atoms with E-state index in [1.54, 1.807) is 0 Å². The predicted molar refractivity (Wildman–Crippen MR) is 76.7 cm³/mol. The Morgan fingerprint density at radius 3 is 2.94 bits per heavy atom. The largest absolute Gasteiger partial charge is 0.338 e. The molecule has 1 aliphatic heterocycles. The minimum absolute atomic E-state index is 0.159. The Kier molecular flexibility index (Phi) is 4.26. The standard InChI is InChI=1S/C13H15Br2NO/c1-9-11(3-2-4-12(9)15)13(17)16-6-5-10(7-14)8-16/h2-4,10H,5-8H2,1H3. The van der Waals surface area contributed by atoms with Crippen LogP contribution in [0.4, 0.5) is 0 Å². The summed E-state index contributed by atoms with van der Waals surface area (Å²) in [6, 6.07) is 5.80. The van der Waals surface area contributed by atoms with Gasteiger partial charge in [-0.1, -0.05) is 37.9 Å². The fourth-order valence-corrected chi connectivity index (χ4v) is 3.05. The van der Waals surface area contributed by atoms with Gasteiger partial charge in [0.2, 0.25) is 0 Å². The van der Waals surface area contributed by atoms with Crippen LogP contribution in [0.1, 0.15) is 22.3 Å². The highest BCUT2D eigenvalue weighted by Gasteiger charge is 2.27. The van der Waals surface area contributed by atoms with Gasteiger partial charge in [-0.15, -0.1) is 0 Å². The summed E-state index contributed by atoms with van der Waals surface area (Å²) < 4.78 is 1.000. The zero-order chi connectivity index (χ0) is 12.4. The third kappa shape index (κ3) is 2.74. The summed E-state index contributed by atoms with van der Waals surface area (Å²) in [6.45, 7) is 3.73. The van der Waals surface area contributed by atoms with Crippen LogP contribution >= 0.6 is 31.9 Å². The third-order valence-electron chi connectivity index (χ3n) is 3.29. The van der Waals surface area contributed by atoms with E-state index in [-0.39, 0.29) is 5.91 Å². The first-order valence-corrected chi connectivity index (χ1v) is 7.65. The molecule has 1 amide bonds. The summed E-state index contributed by atoms with van der Waals surface area (Å²) >= 11 is 6.96. The number of hydrogen-bond donors (Lipinski definition) is 0. The molecular weight excluding hydrogens is 346 g/mol. The summed E-state index contributed by atoms with van der Waals surface area (Å²) in [6.07, 6.45) is 1.10. The van der Waals surface area contributed by atoms with E-state index in [4.69, 9.17) is 0 Å². The lowest BCUT2D eigenvalue weighted by atomic mass is 10.1. The molecule has 2 nitrogen and oxygen atoms in total. The van der Waals surface area contributed by atoms with Gasteiger partial charge in [-0.05, 0) is 37.0 Å². The van der Waals surface area contributed by atoms with Crippen LogP contribution in [0, 0.1) is 12.8 Å². The quantitative estimate of drug-likeness (QED) is 0.737. The maximum atomic E-state index is 12.4. The fourth-order valence-electron chi connectivity index (χ4n) is 2.15. The van der Waals surface area contributed by atoms with Gasteiger partial charge >= 0.3 is 0 Å². The van der Waals surface area contributed by atoms with E-state index in [2.05, 4.69) is 31.9 Å². The van der Waals surface area contributed by atoms with Gasteiger partial charge in [0.05, 0.1) is 0 Å². The number of benzene rings is 1. The van der Waals surface area contributed by atoms with Crippen molar-refractivity contribution >= 4 is 37.8 Å². The van der Waals surface area contributed by atoms with E-state index in [1.165, 1.54) is 0 Å². The topological polar surface area (TPSA) is 20.3 Å². The number of nitrogens with zero attached hydrogens (tertiary/aromatic N) is 1. The first-order valence-electron chi connectivity index (χ1n) is 5.74. The molecule has 0 saturated carbocycles. The van der Waals surface area contributed by atoms with E-state index in [0.29, 0.717) is 5.92 Å². The molecule has 1 fully saturated rings. The first kappa shape index (κ1) is 13.1. The van der Waals surface area contributed by atoms with E-state index in [1.807, 2.05) is 30.0 Å². The Balaban J connectivity index is 2.18. The zero-order valence-electron chi connectivity index (χ0n) is 9.75. The van der Waals surface area contributed by atoms with Crippen LogP contribution in [-0.2, 0) is 0 Å². The van der Waals surface area contributed by atoms with Crippen molar-refractivity contribution in [2.45, 2.75) is 13.3 Å². The van der Waals surface area contributed by atoms with Crippen LogP contribution in [-0.4, -0.2) is 29.2 Å². The van der Waals surface area contributed by atoms with Gasteiger partial charge in [-0.25, -0.2) is 0 Å². The Morgan fingerprint density at radius 1 is 1.53 bits per heavy atom. The fraction of sp³-hybridized carbons (Fsp3) is 0.462. The molecule has 0 radical (unpaired) electrons. The van der Waals surface area contributed by atoms with Gasteiger partial charge in [0.1, 0.15) is 0 Å². The van der Waals surface area contributed by atoms with Gasteiger partial charge in [0, 0.05) is 28.5 Å². The zero-order valence-corrected chi connectivity index (χ0v) is 12.9. The lowest BCUT2D eigenvalue weighted by Gasteiger charge is -2.18. The molecule has 1 atom stereocenters. The molecule has 1 heterocycles. The maximum absolute atomic E-state index is 12.4. The van der Waals surface area contributed by atoms with Crippen LogP contribution in [0.25, 0.3) is 0 Å². The molecule has 1 saturated heterocycles. The number of halogens is 2. The highest BCUT2D eigenvalue weighted by molar-refractivity contribution is 9.10. The molecule has 0 aliphatic carbocycles. The second kappa shape index (κ2) is 5.53. The normalized spacial score (nSPS) is 19.7. The van der Waals surface area contributed by atoms with Crippen LogP contribution < -0.4 is 0 Å². The minimum atomic E-state index is 0.159. The number of hydrogen-bond acceptors (Lipinski definition) is 1. The van der Waals surface area contributed by atoms with Crippen LogP contribution in [0.5, 0.6) is 0 Å². The number of carbonyl (C=O) groups excluding carboxylic acids is 1. The van der Waals surface area contributed by atoms with Crippen molar-refractivity contribution in [2.75, 3.05) is 18.4 Å². The molecule has 1 unspecified atom stereocenters. The SMILES string of the molecule is Cc1c(Br)cccc1C(=O)N1CCC(CBr)C1. The lowest BCUT2D eigenvalue weighted by molar-refractivity contribution is 0.0787. The van der Waals surface area contributed by atoms with Crippen molar-refractivity contribution in [1.82, 2.24) is 4.90 Å². The number of likely N-dealkylation sites (tertiary alicyclic amines) is 1.